The number of hydrogen-bond acceptors (Lipinski definition) is 3. The van der Waals surface area contributed by atoms with Crippen LogP contribution < -0.4 is 0 Å². The van der Waals surface area contributed by atoms with Gasteiger partial charge in [-0.2, -0.15) is 4.31 Å². The summed E-state index contributed by atoms with van der Waals surface area (Å²) in [7, 11) is -3.44. The van der Waals surface area contributed by atoms with Crippen LogP contribution >= 0.6 is 0 Å². The van der Waals surface area contributed by atoms with Crippen molar-refractivity contribution in [1.29, 1.82) is 0 Å². The summed E-state index contributed by atoms with van der Waals surface area (Å²) >= 11 is 0. The lowest BCUT2D eigenvalue weighted by Gasteiger charge is -2.37. The average Bonchev–Trinajstić information content (AvgIpc) is 3.01. The number of benzene rings is 1. The molecule has 0 N–H and O–H groups in total. The molecule has 4 nitrogen and oxygen atoms in total. The highest BCUT2D eigenvalue weighted by Crippen LogP contribution is 2.30. The van der Waals surface area contributed by atoms with Gasteiger partial charge < -0.3 is 4.42 Å². The summed E-state index contributed by atoms with van der Waals surface area (Å²) < 4.78 is 32.8. The molecule has 1 fully saturated rings. The van der Waals surface area contributed by atoms with Crippen molar-refractivity contribution in [3.05, 3.63) is 42.7 Å². The van der Waals surface area contributed by atoms with Gasteiger partial charge in [0, 0.05) is 17.6 Å². The van der Waals surface area contributed by atoms with Crippen molar-refractivity contribution in [2.24, 2.45) is 0 Å². The second kappa shape index (κ2) is 5.89. The maximum absolute atomic E-state index is 12.9. The van der Waals surface area contributed by atoms with Gasteiger partial charge in [-0.25, -0.2) is 8.42 Å². The van der Waals surface area contributed by atoms with Gasteiger partial charge in [0.25, 0.3) is 0 Å². The quantitative estimate of drug-likeness (QED) is 0.862. The molecule has 1 aliphatic rings. The highest BCUT2D eigenvalue weighted by atomic mass is 32.2. The highest BCUT2D eigenvalue weighted by molar-refractivity contribution is 7.89. The number of hydrogen-bond donors (Lipinski definition) is 0. The summed E-state index contributed by atoms with van der Waals surface area (Å²) in [6.45, 7) is 3.98. The van der Waals surface area contributed by atoms with Crippen LogP contribution in [0, 0.1) is 0 Å². The molecule has 2 heterocycles. The van der Waals surface area contributed by atoms with E-state index < -0.39 is 10.0 Å². The Morgan fingerprint density at radius 1 is 1.05 bits per heavy atom. The fraction of sp³-hybridized carbons (Fsp3) is 0.412. The standard InChI is InChI=1S/C17H21NO3S/c1-13-5-3-6-14(2)18(13)22(19,20)16-10-8-15(9-11-16)17-7-4-12-21-17/h4,7-14H,3,5-6H2,1-2H3. The zero-order valence-electron chi connectivity index (χ0n) is 12.9. The lowest BCUT2D eigenvalue weighted by Crippen LogP contribution is -2.47. The molecule has 118 valence electrons. The van der Waals surface area contributed by atoms with Crippen molar-refractivity contribution in [2.75, 3.05) is 0 Å². The van der Waals surface area contributed by atoms with Crippen LogP contribution in [-0.4, -0.2) is 24.8 Å². The van der Waals surface area contributed by atoms with E-state index in [1.807, 2.05) is 26.0 Å². The Kier molecular flexibility index (Phi) is 4.10. The minimum atomic E-state index is -3.44. The Labute approximate surface area is 131 Å². The van der Waals surface area contributed by atoms with Gasteiger partial charge >= 0.3 is 0 Å². The molecule has 0 aliphatic carbocycles. The van der Waals surface area contributed by atoms with Crippen molar-refractivity contribution in [1.82, 2.24) is 4.31 Å². The average molecular weight is 319 g/mol. The highest BCUT2D eigenvalue weighted by Gasteiger charge is 2.35. The Morgan fingerprint density at radius 3 is 2.23 bits per heavy atom. The number of furan rings is 1. The Morgan fingerprint density at radius 2 is 1.68 bits per heavy atom. The molecule has 0 spiro atoms. The summed E-state index contributed by atoms with van der Waals surface area (Å²) in [4.78, 5) is 0.350. The third-order valence-corrected chi connectivity index (χ3v) is 6.49. The van der Waals surface area contributed by atoms with E-state index in [-0.39, 0.29) is 12.1 Å². The SMILES string of the molecule is CC1CCCC(C)N1S(=O)(=O)c1ccc(-c2ccco2)cc1. The third-order valence-electron chi connectivity index (χ3n) is 4.35. The normalized spacial score (nSPS) is 23.5. The maximum Gasteiger partial charge on any atom is 0.243 e. The number of piperidine rings is 1. The summed E-state index contributed by atoms with van der Waals surface area (Å²) in [6.07, 6.45) is 4.55. The first-order chi connectivity index (χ1) is 10.5. The molecule has 2 unspecified atom stereocenters. The van der Waals surface area contributed by atoms with E-state index in [0.717, 1.165) is 30.6 Å². The Bertz CT molecular complexity index is 710. The summed E-state index contributed by atoms with van der Waals surface area (Å²) in [5.41, 5.74) is 0.878. The van der Waals surface area contributed by atoms with E-state index in [4.69, 9.17) is 4.42 Å². The third kappa shape index (κ3) is 2.71. The van der Waals surface area contributed by atoms with Gasteiger partial charge in [0.1, 0.15) is 5.76 Å². The first-order valence-corrected chi connectivity index (χ1v) is 9.11. The summed E-state index contributed by atoms with van der Waals surface area (Å²) in [5, 5.41) is 0. The predicted octanol–water partition coefficient (Wildman–Crippen LogP) is 3.90. The van der Waals surface area contributed by atoms with Crippen LogP contribution in [0.15, 0.2) is 52.0 Å². The summed E-state index contributed by atoms with van der Waals surface area (Å²) in [5.74, 6) is 0.739. The van der Waals surface area contributed by atoms with Gasteiger partial charge in [-0.3, -0.25) is 0 Å². The van der Waals surface area contributed by atoms with E-state index in [0.29, 0.717) is 4.90 Å². The van der Waals surface area contributed by atoms with Gasteiger partial charge in [0.05, 0.1) is 11.2 Å². The second-order valence-corrected chi connectivity index (χ2v) is 7.81. The van der Waals surface area contributed by atoms with Crippen molar-refractivity contribution in [3.8, 4) is 11.3 Å². The topological polar surface area (TPSA) is 50.5 Å². The number of nitrogens with zero attached hydrogens (tertiary/aromatic N) is 1. The molecule has 1 aromatic heterocycles. The van der Waals surface area contributed by atoms with Crippen LogP contribution in [-0.2, 0) is 10.0 Å². The molecule has 3 rings (SSSR count). The van der Waals surface area contributed by atoms with Crippen LogP contribution in [0.4, 0.5) is 0 Å². The molecule has 2 aromatic rings. The van der Waals surface area contributed by atoms with Gasteiger partial charge in [0.15, 0.2) is 0 Å². The molecule has 5 heteroatoms. The molecule has 1 aliphatic heterocycles. The molecule has 0 radical (unpaired) electrons. The monoisotopic (exact) mass is 319 g/mol. The first kappa shape index (κ1) is 15.3. The van der Waals surface area contributed by atoms with E-state index in [9.17, 15) is 8.42 Å². The molecule has 0 bridgehead atoms. The van der Waals surface area contributed by atoms with Crippen molar-refractivity contribution < 1.29 is 12.8 Å². The second-order valence-electron chi connectivity index (χ2n) is 5.97. The molecular formula is C17H21NO3S. The van der Waals surface area contributed by atoms with E-state index >= 15 is 0 Å². The lowest BCUT2D eigenvalue weighted by atomic mass is 10.0. The molecule has 0 saturated carbocycles. The molecule has 1 saturated heterocycles. The lowest BCUT2D eigenvalue weighted by molar-refractivity contribution is 0.204. The fourth-order valence-electron chi connectivity index (χ4n) is 3.23. The zero-order valence-corrected chi connectivity index (χ0v) is 13.7. The minimum absolute atomic E-state index is 0.0542. The zero-order chi connectivity index (χ0) is 15.7. The number of sulfonamides is 1. The Hall–Kier alpha value is -1.59. The summed E-state index contributed by atoms with van der Waals surface area (Å²) in [6, 6.07) is 10.7. The van der Waals surface area contributed by atoms with Crippen LogP contribution in [0.5, 0.6) is 0 Å². The van der Waals surface area contributed by atoms with Crippen molar-refractivity contribution >= 4 is 10.0 Å². The van der Waals surface area contributed by atoms with E-state index in [1.165, 1.54) is 0 Å². The van der Waals surface area contributed by atoms with Crippen LogP contribution in [0.3, 0.4) is 0 Å². The fourth-order valence-corrected chi connectivity index (χ4v) is 5.11. The largest absolute Gasteiger partial charge is 0.464 e. The van der Waals surface area contributed by atoms with Crippen LogP contribution in [0.1, 0.15) is 33.1 Å². The first-order valence-electron chi connectivity index (χ1n) is 7.67. The van der Waals surface area contributed by atoms with Crippen molar-refractivity contribution in [2.45, 2.75) is 50.1 Å². The van der Waals surface area contributed by atoms with Crippen molar-refractivity contribution in [3.63, 3.8) is 0 Å². The molecular weight excluding hydrogens is 298 g/mol. The van der Waals surface area contributed by atoms with Crippen LogP contribution in [0.2, 0.25) is 0 Å². The molecule has 22 heavy (non-hydrogen) atoms. The molecule has 0 amide bonds. The Balaban J connectivity index is 1.92. The molecule has 2 atom stereocenters. The van der Waals surface area contributed by atoms with Gasteiger partial charge in [-0.15, -0.1) is 0 Å². The minimum Gasteiger partial charge on any atom is -0.464 e. The van der Waals surface area contributed by atoms with Gasteiger partial charge in [-0.1, -0.05) is 6.42 Å². The van der Waals surface area contributed by atoms with Gasteiger partial charge in [-0.05, 0) is 63.1 Å². The van der Waals surface area contributed by atoms with Gasteiger partial charge in [0.2, 0.25) is 10.0 Å². The number of rotatable bonds is 3. The maximum atomic E-state index is 12.9. The molecule has 1 aromatic carbocycles. The van der Waals surface area contributed by atoms with E-state index in [1.54, 1.807) is 34.8 Å². The smallest absolute Gasteiger partial charge is 0.243 e. The van der Waals surface area contributed by atoms with Crippen LogP contribution in [0.25, 0.3) is 11.3 Å². The predicted molar refractivity (Wildman–Crippen MR) is 85.9 cm³/mol. The van der Waals surface area contributed by atoms with E-state index in [2.05, 4.69) is 0 Å².